The van der Waals surface area contributed by atoms with E-state index in [1.54, 1.807) is 0 Å². The minimum atomic E-state index is 0.293. The van der Waals surface area contributed by atoms with Crippen LogP contribution in [0.2, 0.25) is 0 Å². The van der Waals surface area contributed by atoms with Gasteiger partial charge in [-0.15, -0.1) is 0 Å². The summed E-state index contributed by atoms with van der Waals surface area (Å²) in [5.41, 5.74) is 0.592. The van der Waals surface area contributed by atoms with E-state index in [0.29, 0.717) is 16.7 Å². The van der Waals surface area contributed by atoms with Crippen molar-refractivity contribution in [3.8, 4) is 6.07 Å². The SMILES string of the molecule is CC(C)(C)C1(C)CC1C#N. The summed E-state index contributed by atoms with van der Waals surface area (Å²) < 4.78 is 0. The molecule has 0 spiro atoms. The van der Waals surface area contributed by atoms with E-state index in [1.165, 1.54) is 0 Å². The molecule has 0 N–H and O–H groups in total. The predicted octanol–water partition coefficient (Wildman–Crippen LogP) is 2.58. The summed E-state index contributed by atoms with van der Waals surface area (Å²) in [5, 5.41) is 8.65. The van der Waals surface area contributed by atoms with Gasteiger partial charge >= 0.3 is 0 Å². The van der Waals surface area contributed by atoms with E-state index >= 15 is 0 Å². The Morgan fingerprint density at radius 3 is 2.10 bits per heavy atom. The number of nitrogens with zero attached hydrogens (tertiary/aromatic N) is 1. The molecule has 10 heavy (non-hydrogen) atoms. The molecule has 0 radical (unpaired) electrons. The van der Waals surface area contributed by atoms with Gasteiger partial charge in [-0.1, -0.05) is 27.7 Å². The van der Waals surface area contributed by atoms with Crippen LogP contribution >= 0.6 is 0 Å². The quantitative estimate of drug-likeness (QED) is 0.503. The lowest BCUT2D eigenvalue weighted by molar-refractivity contribution is 0.225. The zero-order valence-electron chi connectivity index (χ0n) is 7.23. The molecule has 1 aliphatic carbocycles. The Bertz CT molecular complexity index is 182. The van der Waals surface area contributed by atoms with Crippen LogP contribution < -0.4 is 0 Å². The van der Waals surface area contributed by atoms with Crippen LogP contribution in [-0.4, -0.2) is 0 Å². The molecular formula is C9H15N. The van der Waals surface area contributed by atoms with Crippen molar-refractivity contribution < 1.29 is 0 Å². The molecule has 0 heterocycles. The first-order valence-corrected chi connectivity index (χ1v) is 3.81. The van der Waals surface area contributed by atoms with E-state index in [0.717, 1.165) is 6.42 Å². The fraction of sp³-hybridized carbons (Fsp3) is 0.889. The van der Waals surface area contributed by atoms with Gasteiger partial charge in [0.25, 0.3) is 0 Å². The average Bonchev–Trinajstić information content (AvgIpc) is 2.41. The zero-order valence-corrected chi connectivity index (χ0v) is 7.23. The van der Waals surface area contributed by atoms with Crippen LogP contribution in [0.5, 0.6) is 0 Å². The molecule has 1 heteroatoms. The third-order valence-corrected chi connectivity index (χ3v) is 3.11. The van der Waals surface area contributed by atoms with Crippen molar-refractivity contribution >= 4 is 0 Å². The van der Waals surface area contributed by atoms with Crippen molar-refractivity contribution in [2.24, 2.45) is 16.7 Å². The van der Waals surface area contributed by atoms with E-state index in [1.807, 2.05) is 0 Å². The number of hydrogen-bond donors (Lipinski definition) is 0. The second-order valence-corrected chi connectivity index (χ2v) is 4.55. The summed E-state index contributed by atoms with van der Waals surface area (Å²) in [6.45, 7) is 8.85. The van der Waals surface area contributed by atoms with Crippen LogP contribution in [0.25, 0.3) is 0 Å². The van der Waals surface area contributed by atoms with Crippen LogP contribution in [0.3, 0.4) is 0 Å². The molecule has 0 aromatic rings. The summed E-state index contributed by atoms with van der Waals surface area (Å²) in [4.78, 5) is 0. The van der Waals surface area contributed by atoms with Gasteiger partial charge in [-0.25, -0.2) is 0 Å². The van der Waals surface area contributed by atoms with Crippen LogP contribution in [-0.2, 0) is 0 Å². The number of hydrogen-bond acceptors (Lipinski definition) is 1. The van der Waals surface area contributed by atoms with Crippen LogP contribution in [0.4, 0.5) is 0 Å². The normalized spacial score (nSPS) is 38.9. The van der Waals surface area contributed by atoms with Gasteiger partial charge in [-0.2, -0.15) is 5.26 Å². The zero-order chi connectivity index (χ0) is 7.99. The molecule has 0 aliphatic heterocycles. The first-order valence-electron chi connectivity index (χ1n) is 3.81. The molecule has 0 bridgehead atoms. The lowest BCUT2D eigenvalue weighted by Crippen LogP contribution is -2.20. The van der Waals surface area contributed by atoms with E-state index < -0.39 is 0 Å². The lowest BCUT2D eigenvalue weighted by Gasteiger charge is -2.27. The molecule has 1 saturated carbocycles. The lowest BCUT2D eigenvalue weighted by atomic mass is 9.77. The highest BCUT2D eigenvalue weighted by atomic mass is 14.6. The smallest absolute Gasteiger partial charge is 0.0661 e. The Morgan fingerprint density at radius 1 is 1.50 bits per heavy atom. The van der Waals surface area contributed by atoms with Crippen molar-refractivity contribution in [1.29, 1.82) is 5.26 Å². The Balaban J connectivity index is 2.70. The highest BCUT2D eigenvalue weighted by Gasteiger charge is 2.57. The molecule has 1 fully saturated rings. The Labute approximate surface area is 63.0 Å². The van der Waals surface area contributed by atoms with Crippen molar-refractivity contribution in [1.82, 2.24) is 0 Å². The molecule has 0 saturated heterocycles. The molecule has 56 valence electrons. The maximum Gasteiger partial charge on any atom is 0.0661 e. The monoisotopic (exact) mass is 137 g/mol. The Hall–Kier alpha value is -0.510. The van der Waals surface area contributed by atoms with Gasteiger partial charge in [0.2, 0.25) is 0 Å². The van der Waals surface area contributed by atoms with Gasteiger partial charge in [0.1, 0.15) is 0 Å². The highest BCUT2D eigenvalue weighted by Crippen LogP contribution is 2.62. The van der Waals surface area contributed by atoms with E-state index in [-0.39, 0.29) is 0 Å². The van der Waals surface area contributed by atoms with Gasteiger partial charge in [0.15, 0.2) is 0 Å². The first-order chi connectivity index (χ1) is 4.42. The van der Waals surface area contributed by atoms with E-state index in [9.17, 15) is 0 Å². The first kappa shape index (κ1) is 7.60. The van der Waals surface area contributed by atoms with Crippen LogP contribution in [0.15, 0.2) is 0 Å². The van der Waals surface area contributed by atoms with E-state index in [4.69, 9.17) is 5.26 Å². The van der Waals surface area contributed by atoms with Crippen molar-refractivity contribution in [3.05, 3.63) is 0 Å². The average molecular weight is 137 g/mol. The highest BCUT2D eigenvalue weighted by molar-refractivity contribution is 5.14. The van der Waals surface area contributed by atoms with Gasteiger partial charge in [0.05, 0.1) is 12.0 Å². The summed E-state index contributed by atoms with van der Waals surface area (Å²) in [6.07, 6.45) is 1.09. The fourth-order valence-corrected chi connectivity index (χ4v) is 1.38. The summed E-state index contributed by atoms with van der Waals surface area (Å²) >= 11 is 0. The second kappa shape index (κ2) is 1.75. The van der Waals surface area contributed by atoms with Gasteiger partial charge in [-0.3, -0.25) is 0 Å². The minimum absolute atomic E-state index is 0.293. The summed E-state index contributed by atoms with van der Waals surface area (Å²) in [7, 11) is 0. The molecule has 2 atom stereocenters. The van der Waals surface area contributed by atoms with Crippen LogP contribution in [0.1, 0.15) is 34.1 Å². The van der Waals surface area contributed by atoms with Crippen molar-refractivity contribution in [2.75, 3.05) is 0 Å². The van der Waals surface area contributed by atoms with Gasteiger partial charge in [0, 0.05) is 0 Å². The van der Waals surface area contributed by atoms with Crippen molar-refractivity contribution in [3.63, 3.8) is 0 Å². The molecule has 1 nitrogen and oxygen atoms in total. The third kappa shape index (κ3) is 0.831. The molecule has 1 rings (SSSR count). The van der Waals surface area contributed by atoms with Gasteiger partial charge < -0.3 is 0 Å². The largest absolute Gasteiger partial charge is 0.198 e. The Morgan fingerprint density at radius 2 is 2.00 bits per heavy atom. The summed E-state index contributed by atoms with van der Waals surface area (Å²) in [6, 6.07) is 2.34. The van der Waals surface area contributed by atoms with E-state index in [2.05, 4.69) is 33.8 Å². The van der Waals surface area contributed by atoms with Crippen LogP contribution in [0, 0.1) is 28.1 Å². The molecule has 0 aromatic carbocycles. The number of nitriles is 1. The standard InChI is InChI=1S/C9H15N/c1-8(2,3)9(4)5-7(9)6-10/h7H,5H2,1-4H3. The number of rotatable bonds is 0. The molecule has 0 amide bonds. The van der Waals surface area contributed by atoms with Crippen molar-refractivity contribution in [2.45, 2.75) is 34.1 Å². The molecule has 2 unspecified atom stereocenters. The molecule has 0 aromatic heterocycles. The second-order valence-electron chi connectivity index (χ2n) is 4.55. The topological polar surface area (TPSA) is 23.8 Å². The maximum atomic E-state index is 8.65. The summed E-state index contributed by atoms with van der Waals surface area (Å²) in [5.74, 6) is 0.312. The Kier molecular flexibility index (Phi) is 1.33. The molecule has 1 aliphatic rings. The predicted molar refractivity (Wildman–Crippen MR) is 41.3 cm³/mol. The maximum absolute atomic E-state index is 8.65. The minimum Gasteiger partial charge on any atom is -0.198 e. The van der Waals surface area contributed by atoms with Gasteiger partial charge in [-0.05, 0) is 17.3 Å². The molecular weight excluding hydrogens is 122 g/mol. The fourth-order valence-electron chi connectivity index (χ4n) is 1.38. The third-order valence-electron chi connectivity index (χ3n) is 3.11.